The van der Waals surface area contributed by atoms with E-state index in [1.165, 1.54) is 17.7 Å². The molecule has 4 aromatic heterocycles. The number of methoxy groups -OCH3 is 1. The molecule has 0 unspecified atom stereocenters. The maximum absolute atomic E-state index is 13.3. The summed E-state index contributed by atoms with van der Waals surface area (Å²) in [4.78, 5) is 26.0. The van der Waals surface area contributed by atoms with Crippen molar-refractivity contribution >= 4 is 55.7 Å². The van der Waals surface area contributed by atoms with E-state index in [1.54, 1.807) is 12.5 Å². The predicted molar refractivity (Wildman–Crippen MR) is 132 cm³/mol. The van der Waals surface area contributed by atoms with E-state index in [0.717, 1.165) is 40.8 Å². The summed E-state index contributed by atoms with van der Waals surface area (Å²) in [7, 11) is 1.60. The Hall–Kier alpha value is -3.56. The molecule has 170 valence electrons. The van der Waals surface area contributed by atoms with Crippen LogP contribution in [-0.2, 0) is 6.54 Å². The van der Waals surface area contributed by atoms with Gasteiger partial charge in [0.05, 0.1) is 52.0 Å². The van der Waals surface area contributed by atoms with Gasteiger partial charge in [-0.1, -0.05) is 23.7 Å². The molecule has 0 saturated heterocycles. The Morgan fingerprint density at radius 1 is 1.24 bits per heavy atom. The largest absolute Gasteiger partial charge is 0.481 e. The van der Waals surface area contributed by atoms with Gasteiger partial charge in [-0.05, 0) is 31.0 Å². The highest BCUT2D eigenvalue weighted by Crippen LogP contribution is 2.44. The summed E-state index contributed by atoms with van der Waals surface area (Å²) in [5, 5.41) is 11.1. The fraction of sp³-hybridized carbons (Fsp3) is 0.208. The topological polar surface area (TPSA) is 94.8 Å². The number of halogens is 1. The fourth-order valence-electron chi connectivity index (χ4n) is 4.11. The molecule has 1 saturated carbocycles. The van der Waals surface area contributed by atoms with Crippen molar-refractivity contribution in [3.8, 4) is 5.88 Å². The Morgan fingerprint density at radius 3 is 2.91 bits per heavy atom. The van der Waals surface area contributed by atoms with Crippen molar-refractivity contribution in [2.45, 2.75) is 25.3 Å². The van der Waals surface area contributed by atoms with Gasteiger partial charge in [-0.3, -0.25) is 9.48 Å². The number of thiophene rings is 1. The lowest BCUT2D eigenvalue weighted by Crippen LogP contribution is -2.12. The van der Waals surface area contributed by atoms with E-state index in [1.807, 2.05) is 41.1 Å². The van der Waals surface area contributed by atoms with Crippen molar-refractivity contribution in [3.63, 3.8) is 0 Å². The van der Waals surface area contributed by atoms with E-state index in [0.29, 0.717) is 39.3 Å². The zero-order valence-corrected chi connectivity index (χ0v) is 19.7. The smallest absolute Gasteiger partial charge is 0.258 e. The number of ether oxygens (including phenoxy) is 1. The van der Waals surface area contributed by atoms with Crippen LogP contribution in [0.25, 0.3) is 21.1 Å². The van der Waals surface area contributed by atoms with Crippen molar-refractivity contribution in [1.82, 2.24) is 24.7 Å². The summed E-state index contributed by atoms with van der Waals surface area (Å²) in [5.74, 6) is 0.724. The molecule has 0 spiro atoms. The van der Waals surface area contributed by atoms with Gasteiger partial charge in [0.25, 0.3) is 5.91 Å². The molecule has 0 aliphatic heterocycles. The van der Waals surface area contributed by atoms with Gasteiger partial charge in [-0.2, -0.15) is 5.10 Å². The third-order valence-corrected chi connectivity index (χ3v) is 7.25. The Morgan fingerprint density at radius 2 is 2.09 bits per heavy atom. The second kappa shape index (κ2) is 8.34. The molecular formula is C24H19ClN6O2S. The number of nitrogens with zero attached hydrogens (tertiary/aromatic N) is 5. The van der Waals surface area contributed by atoms with Crippen molar-refractivity contribution in [1.29, 1.82) is 0 Å². The van der Waals surface area contributed by atoms with Gasteiger partial charge in [0.1, 0.15) is 11.5 Å². The average Bonchev–Trinajstić information content (AvgIpc) is 3.49. The number of carbonyl (C=O) groups is 1. The first kappa shape index (κ1) is 21.0. The van der Waals surface area contributed by atoms with Gasteiger partial charge < -0.3 is 10.1 Å². The summed E-state index contributed by atoms with van der Waals surface area (Å²) in [6, 6.07) is 11.6. The van der Waals surface area contributed by atoms with Gasteiger partial charge in [0.15, 0.2) is 0 Å². The number of anilines is 1. The van der Waals surface area contributed by atoms with Crippen LogP contribution in [-0.4, -0.2) is 37.7 Å². The molecule has 0 radical (unpaired) electrons. The van der Waals surface area contributed by atoms with Crippen LogP contribution in [0.3, 0.4) is 0 Å². The first-order valence-electron chi connectivity index (χ1n) is 10.8. The van der Waals surface area contributed by atoms with Crippen LogP contribution in [0.4, 0.5) is 5.69 Å². The number of amides is 1. The third-order valence-electron chi connectivity index (χ3n) is 5.87. The molecule has 10 heteroatoms. The Labute approximate surface area is 203 Å². The molecule has 1 fully saturated rings. The first-order chi connectivity index (χ1) is 16.6. The van der Waals surface area contributed by atoms with Crippen LogP contribution >= 0.6 is 22.9 Å². The van der Waals surface area contributed by atoms with Gasteiger partial charge in [-0.25, -0.2) is 15.0 Å². The van der Waals surface area contributed by atoms with E-state index >= 15 is 0 Å². The van der Waals surface area contributed by atoms with Crippen molar-refractivity contribution in [3.05, 3.63) is 70.2 Å². The zero-order chi connectivity index (χ0) is 23.2. The lowest BCUT2D eigenvalue weighted by atomic mass is 10.1. The second-order valence-electron chi connectivity index (χ2n) is 8.13. The molecular weight excluding hydrogens is 472 g/mol. The van der Waals surface area contributed by atoms with E-state index in [-0.39, 0.29) is 5.91 Å². The van der Waals surface area contributed by atoms with Gasteiger partial charge in [-0.15, -0.1) is 11.3 Å². The van der Waals surface area contributed by atoms with Crippen LogP contribution in [0.1, 0.15) is 40.5 Å². The summed E-state index contributed by atoms with van der Waals surface area (Å²) in [6.45, 7) is 0.502. The van der Waals surface area contributed by atoms with Crippen LogP contribution in [0.15, 0.2) is 48.1 Å². The second-order valence-corrected chi connectivity index (χ2v) is 9.37. The monoisotopic (exact) mass is 490 g/mol. The predicted octanol–water partition coefficient (Wildman–Crippen LogP) is 5.28. The number of fused-ring (bicyclic) bond motifs is 2. The van der Waals surface area contributed by atoms with E-state index in [9.17, 15) is 4.79 Å². The van der Waals surface area contributed by atoms with E-state index in [2.05, 4.69) is 20.3 Å². The average molecular weight is 491 g/mol. The number of carbonyl (C=O) groups excluding carboxylic acids is 1. The van der Waals surface area contributed by atoms with Crippen LogP contribution in [0, 0.1) is 0 Å². The minimum absolute atomic E-state index is 0.238. The zero-order valence-electron chi connectivity index (χ0n) is 18.2. The quantitative estimate of drug-likeness (QED) is 0.325. The molecule has 0 atom stereocenters. The molecule has 1 aliphatic carbocycles. The Kier molecular flexibility index (Phi) is 5.15. The van der Waals surface area contributed by atoms with Crippen molar-refractivity contribution < 1.29 is 9.53 Å². The number of rotatable bonds is 6. The number of pyridine rings is 1. The molecule has 0 bridgehead atoms. The van der Waals surface area contributed by atoms with Crippen molar-refractivity contribution in [2.24, 2.45) is 0 Å². The number of benzene rings is 1. The maximum atomic E-state index is 13.3. The summed E-state index contributed by atoms with van der Waals surface area (Å²) in [6.07, 6.45) is 3.56. The van der Waals surface area contributed by atoms with Crippen LogP contribution in [0.5, 0.6) is 5.88 Å². The lowest BCUT2D eigenvalue weighted by molar-refractivity contribution is 0.102. The molecule has 1 N–H and O–H groups in total. The van der Waals surface area contributed by atoms with Crippen LogP contribution in [0.2, 0.25) is 5.15 Å². The fourth-order valence-corrected chi connectivity index (χ4v) is 5.26. The normalized spacial score (nSPS) is 13.5. The minimum atomic E-state index is -0.238. The molecule has 5 aromatic rings. The first-order valence-corrected chi connectivity index (χ1v) is 12.1. The number of nitrogens with one attached hydrogen (secondary N) is 1. The standard InChI is InChI=1S/C24H19ClN6O2S/c1-33-18-7-2-4-14(28-18)10-31-17-6-3-5-16(19(17)20(30-31)13-8-9-13)29-24(32)15-11-34-22-21(15)26-12-27-23(22)25/h2-7,11-13H,8-10H2,1H3,(H,29,32). The summed E-state index contributed by atoms with van der Waals surface area (Å²) >= 11 is 7.53. The highest BCUT2D eigenvalue weighted by atomic mass is 35.5. The molecule has 6 rings (SSSR count). The van der Waals surface area contributed by atoms with Gasteiger partial charge in [0.2, 0.25) is 5.88 Å². The number of hydrogen-bond donors (Lipinski definition) is 1. The minimum Gasteiger partial charge on any atom is -0.481 e. The number of hydrogen-bond acceptors (Lipinski definition) is 7. The SMILES string of the molecule is COc1cccc(Cn2nc(C3CC3)c3c(NC(=O)c4csc5c(Cl)ncnc45)cccc32)n1. The van der Waals surface area contributed by atoms with Crippen molar-refractivity contribution in [2.75, 3.05) is 12.4 Å². The molecule has 34 heavy (non-hydrogen) atoms. The van der Waals surface area contributed by atoms with Gasteiger partial charge >= 0.3 is 0 Å². The Bertz CT molecular complexity index is 1560. The third kappa shape index (κ3) is 3.66. The number of aromatic nitrogens is 5. The maximum Gasteiger partial charge on any atom is 0.258 e. The molecule has 1 aliphatic rings. The molecule has 8 nitrogen and oxygen atoms in total. The van der Waals surface area contributed by atoms with Gasteiger partial charge in [0, 0.05) is 22.8 Å². The molecule has 4 heterocycles. The lowest BCUT2D eigenvalue weighted by Gasteiger charge is -2.08. The summed E-state index contributed by atoms with van der Waals surface area (Å²) < 4.78 is 7.92. The highest BCUT2D eigenvalue weighted by molar-refractivity contribution is 7.18. The van der Waals surface area contributed by atoms with E-state index < -0.39 is 0 Å². The highest BCUT2D eigenvalue weighted by Gasteiger charge is 2.31. The Balaban J connectivity index is 1.39. The summed E-state index contributed by atoms with van der Waals surface area (Å²) in [5.41, 5.74) is 4.56. The van der Waals surface area contributed by atoms with Crippen LogP contribution < -0.4 is 10.1 Å². The molecule has 1 aromatic carbocycles. The van der Waals surface area contributed by atoms with E-state index in [4.69, 9.17) is 21.4 Å². The molecule has 1 amide bonds.